The minimum Gasteiger partial charge on any atom is -0.394 e. The molecule has 0 aliphatic carbocycles. The first-order valence-corrected chi connectivity index (χ1v) is 12.1. The van der Waals surface area contributed by atoms with E-state index < -0.39 is 66.7 Å². The van der Waals surface area contributed by atoms with Crippen LogP contribution in [0.3, 0.4) is 0 Å². The number of rotatable bonds is 7. The lowest BCUT2D eigenvalue weighted by Crippen LogP contribution is -2.54. The average Bonchev–Trinajstić information content (AvgIpc) is 3.66. The van der Waals surface area contributed by atoms with E-state index in [1.54, 1.807) is 0 Å². The minimum absolute atomic E-state index is 0.00581. The molecule has 20 heteroatoms. The molecule has 2 fully saturated rings. The first kappa shape index (κ1) is 26.2. The van der Waals surface area contributed by atoms with Crippen LogP contribution in [0, 0.1) is 0 Å². The summed E-state index contributed by atoms with van der Waals surface area (Å²) in [7, 11) is 0. The van der Waals surface area contributed by atoms with Crippen molar-refractivity contribution in [2.45, 2.75) is 49.0 Å². The average molecular weight is 563 g/mol. The molecule has 20 nitrogen and oxygen atoms in total. The maximum atomic E-state index is 12.1. The lowest BCUT2D eigenvalue weighted by atomic mass is 10.1. The number of aliphatic hydroxyl groups excluding tert-OH is 4. The number of imidazole rings is 2. The summed E-state index contributed by atoms with van der Waals surface area (Å²) < 4.78 is 14.3. The maximum absolute atomic E-state index is 12.1. The van der Waals surface area contributed by atoms with Crippen LogP contribution in [-0.2, 0) is 9.47 Å². The molecule has 12 N–H and O–H groups in total. The van der Waals surface area contributed by atoms with Gasteiger partial charge in [-0.3, -0.25) is 34.1 Å². The molecule has 0 amide bonds. The van der Waals surface area contributed by atoms with Crippen LogP contribution in [0.4, 0.5) is 11.9 Å². The van der Waals surface area contributed by atoms with Crippen molar-refractivity contribution in [3.8, 4) is 0 Å². The number of anilines is 2. The lowest BCUT2D eigenvalue weighted by molar-refractivity contribution is -0.0491. The Bertz CT molecular complexity index is 1670. The van der Waals surface area contributed by atoms with Crippen LogP contribution in [0.5, 0.6) is 0 Å². The first-order chi connectivity index (χ1) is 19.2. The summed E-state index contributed by atoms with van der Waals surface area (Å²) in [6.07, 6.45) is -5.56. The van der Waals surface area contributed by atoms with E-state index in [4.69, 9.17) is 20.9 Å². The van der Waals surface area contributed by atoms with E-state index in [-0.39, 0.29) is 40.8 Å². The van der Waals surface area contributed by atoms with Crippen LogP contribution in [0.15, 0.2) is 22.2 Å². The number of aromatic amines is 2. The highest BCUT2D eigenvalue weighted by Gasteiger charge is 2.47. The van der Waals surface area contributed by atoms with Gasteiger partial charge in [-0.2, -0.15) is 9.97 Å². The van der Waals surface area contributed by atoms with Crippen molar-refractivity contribution in [3.05, 3.63) is 33.4 Å². The van der Waals surface area contributed by atoms with E-state index in [9.17, 15) is 30.0 Å². The molecule has 0 aromatic carbocycles. The van der Waals surface area contributed by atoms with Gasteiger partial charge in [0.25, 0.3) is 11.1 Å². The number of ether oxygens (including phenoxy) is 2. The highest BCUT2D eigenvalue weighted by atomic mass is 16.6. The van der Waals surface area contributed by atoms with Gasteiger partial charge in [0.05, 0.1) is 25.3 Å². The van der Waals surface area contributed by atoms with Gasteiger partial charge in [0.1, 0.15) is 30.5 Å². The molecule has 2 aliphatic heterocycles. The molecular formula is C20H26N12O8. The molecule has 6 heterocycles. The number of hydrogen-bond acceptors (Lipinski definition) is 16. The number of fused-ring (bicyclic) bond motifs is 2. The first-order valence-electron chi connectivity index (χ1n) is 12.1. The van der Waals surface area contributed by atoms with Gasteiger partial charge in [0, 0.05) is 6.54 Å². The Labute approximate surface area is 221 Å². The van der Waals surface area contributed by atoms with Gasteiger partial charge in [0.15, 0.2) is 34.8 Å². The Morgan fingerprint density at radius 1 is 0.850 bits per heavy atom. The quantitative estimate of drug-likeness (QED) is 0.0940. The predicted octanol–water partition coefficient (Wildman–Crippen LogP) is -5.25. The zero-order valence-electron chi connectivity index (χ0n) is 20.4. The van der Waals surface area contributed by atoms with Crippen LogP contribution in [0.25, 0.3) is 22.3 Å². The number of nitrogens with two attached hydrogens (primary N) is 2. The number of nitrogen functional groups attached to an aromatic ring is 2. The van der Waals surface area contributed by atoms with E-state index in [1.807, 2.05) is 0 Å². The molecule has 40 heavy (non-hydrogen) atoms. The summed E-state index contributed by atoms with van der Waals surface area (Å²) in [6, 6.07) is -0.873. The normalized spacial score (nSPS) is 30.6. The standard InChI is InChI=1S/C20H26N12O8/c21-19-26-13-8(15(37)28-19)23-3-31(13)17-11(35)7(6(2-33)40-17)30-25-1-5-10(34)12(36)18(39-5)32-4-24-9-14(32)27-20(22)29-16(9)38/h3-7,10-12,17-18,25,30,33-36H,1-2H2,(H3,21,26,28,37)(H3,22,27,29,38)/t5-,6-,7-,10+,11-,12-,17-,18-/m1/s1. The highest BCUT2D eigenvalue weighted by molar-refractivity contribution is 5.71. The smallest absolute Gasteiger partial charge is 0.280 e. The summed E-state index contributed by atoms with van der Waals surface area (Å²) in [6.45, 7) is -0.535. The van der Waals surface area contributed by atoms with E-state index in [0.29, 0.717) is 0 Å². The third kappa shape index (κ3) is 4.18. The fraction of sp³-hybridized carbons (Fsp3) is 0.500. The number of H-pyrrole nitrogens is 2. The van der Waals surface area contributed by atoms with Crippen molar-refractivity contribution >= 4 is 34.2 Å². The monoisotopic (exact) mass is 562 g/mol. The fourth-order valence-electron chi connectivity index (χ4n) is 4.97. The topological polar surface area (TPSA) is 303 Å². The van der Waals surface area contributed by atoms with Crippen molar-refractivity contribution in [2.24, 2.45) is 0 Å². The largest absolute Gasteiger partial charge is 0.394 e. The summed E-state index contributed by atoms with van der Waals surface area (Å²) in [5.41, 5.74) is 15.9. The Morgan fingerprint density at radius 2 is 1.38 bits per heavy atom. The summed E-state index contributed by atoms with van der Waals surface area (Å²) in [4.78, 5) is 44.9. The Balaban J connectivity index is 1.14. The molecule has 0 saturated carbocycles. The summed E-state index contributed by atoms with van der Waals surface area (Å²) in [5.74, 6) is -0.300. The van der Waals surface area contributed by atoms with Gasteiger partial charge in [-0.1, -0.05) is 0 Å². The molecule has 0 unspecified atom stereocenters. The zero-order valence-corrected chi connectivity index (χ0v) is 20.4. The molecule has 4 aromatic heterocycles. The van der Waals surface area contributed by atoms with Gasteiger partial charge < -0.3 is 41.4 Å². The molecular weight excluding hydrogens is 536 g/mol. The third-order valence-corrected chi connectivity index (χ3v) is 6.91. The molecule has 2 saturated heterocycles. The molecule has 2 aliphatic rings. The summed E-state index contributed by atoms with van der Waals surface area (Å²) in [5, 5.41) is 42.1. The second-order valence-electron chi connectivity index (χ2n) is 9.39. The molecule has 214 valence electrons. The van der Waals surface area contributed by atoms with Crippen LogP contribution < -0.4 is 33.4 Å². The lowest BCUT2D eigenvalue weighted by Gasteiger charge is -2.23. The predicted molar refractivity (Wildman–Crippen MR) is 133 cm³/mol. The van der Waals surface area contributed by atoms with E-state index in [2.05, 4.69) is 40.8 Å². The van der Waals surface area contributed by atoms with Crippen LogP contribution in [0.2, 0.25) is 0 Å². The molecule has 0 spiro atoms. The second kappa shape index (κ2) is 9.87. The van der Waals surface area contributed by atoms with Crippen LogP contribution in [0.1, 0.15) is 12.5 Å². The van der Waals surface area contributed by atoms with Gasteiger partial charge >= 0.3 is 0 Å². The summed E-state index contributed by atoms with van der Waals surface area (Å²) >= 11 is 0. The van der Waals surface area contributed by atoms with Gasteiger partial charge in [0.2, 0.25) is 11.9 Å². The number of hydrazine groups is 1. The third-order valence-electron chi connectivity index (χ3n) is 6.91. The molecule has 0 radical (unpaired) electrons. The number of nitrogens with one attached hydrogen (secondary N) is 4. The molecule has 4 aromatic rings. The van der Waals surface area contributed by atoms with Crippen molar-refractivity contribution in [1.82, 2.24) is 49.9 Å². The van der Waals surface area contributed by atoms with Crippen LogP contribution in [-0.4, -0.2) is 109 Å². The highest BCUT2D eigenvalue weighted by Crippen LogP contribution is 2.32. The fourth-order valence-corrected chi connectivity index (χ4v) is 4.97. The molecule has 8 atom stereocenters. The Hall–Kier alpha value is -4.02. The second-order valence-corrected chi connectivity index (χ2v) is 9.39. The molecule has 0 bridgehead atoms. The van der Waals surface area contributed by atoms with E-state index in [1.165, 1.54) is 21.8 Å². The maximum Gasteiger partial charge on any atom is 0.280 e. The van der Waals surface area contributed by atoms with Gasteiger partial charge in [-0.05, 0) is 0 Å². The number of hydrogen-bond donors (Lipinski definition) is 10. The number of aromatic nitrogens is 8. The van der Waals surface area contributed by atoms with Crippen molar-refractivity contribution in [1.29, 1.82) is 0 Å². The van der Waals surface area contributed by atoms with Crippen molar-refractivity contribution < 1.29 is 29.9 Å². The van der Waals surface area contributed by atoms with Crippen molar-refractivity contribution in [3.63, 3.8) is 0 Å². The molecule has 6 rings (SSSR count). The zero-order chi connectivity index (χ0) is 28.3. The number of aliphatic hydroxyl groups is 4. The van der Waals surface area contributed by atoms with Crippen molar-refractivity contribution in [2.75, 3.05) is 24.6 Å². The van der Waals surface area contributed by atoms with Gasteiger partial charge in [-0.25, -0.2) is 15.4 Å². The van der Waals surface area contributed by atoms with E-state index in [0.717, 1.165) is 0 Å². The minimum atomic E-state index is -1.40. The SMILES string of the molecule is Nc1nc2c(ncn2[C@@H]2O[C@H](CNN[C@H]3[C@@H](O)[C@H](n4cnc5c(=O)[nH]c(N)nc54)O[C@@H]3CO)[C@H](O)[C@H]2O)c(=O)[nH]1. The van der Waals surface area contributed by atoms with E-state index >= 15 is 0 Å². The number of nitrogens with zero attached hydrogens (tertiary/aromatic N) is 6. The van der Waals surface area contributed by atoms with Gasteiger partial charge in [-0.15, -0.1) is 0 Å². The Morgan fingerprint density at radius 3 is 1.93 bits per heavy atom. The van der Waals surface area contributed by atoms with Crippen LogP contribution >= 0.6 is 0 Å². The Kier molecular flexibility index (Phi) is 6.47.